The van der Waals surface area contributed by atoms with Crippen LogP contribution in [0.15, 0.2) is 30.6 Å². The van der Waals surface area contributed by atoms with E-state index in [0.29, 0.717) is 6.54 Å². The molecule has 4 heteroatoms. The van der Waals surface area contributed by atoms with Gasteiger partial charge in [-0.15, -0.1) is 0 Å². The molecule has 0 radical (unpaired) electrons. The average Bonchev–Trinajstić information content (AvgIpc) is 2.78. The Morgan fingerprint density at radius 2 is 2.06 bits per heavy atom. The van der Waals surface area contributed by atoms with E-state index in [0.717, 1.165) is 29.1 Å². The highest BCUT2D eigenvalue weighted by Crippen LogP contribution is 2.23. The number of hydrogen-bond acceptors (Lipinski definition) is 3. The Bertz CT molecular complexity index is 448. The second kappa shape index (κ2) is 4.81. The van der Waals surface area contributed by atoms with Crippen molar-refractivity contribution in [3.05, 3.63) is 36.3 Å². The summed E-state index contributed by atoms with van der Waals surface area (Å²) in [5.74, 6) is 0.847. The van der Waals surface area contributed by atoms with Gasteiger partial charge in [0.2, 0.25) is 0 Å². The zero-order valence-corrected chi connectivity index (χ0v) is 9.23. The molecule has 0 unspecified atom stereocenters. The lowest BCUT2D eigenvalue weighted by atomic mass is 10.1. The van der Waals surface area contributed by atoms with Crippen molar-refractivity contribution >= 4 is 0 Å². The molecule has 1 heterocycles. The minimum atomic E-state index is 0.616. The van der Waals surface area contributed by atoms with Gasteiger partial charge in [-0.25, -0.2) is 4.98 Å². The molecule has 0 fully saturated rings. The standard InChI is InChI=1S/C12H15N3O/c1-16-10-4-2-9(3-5-10)12-11(6-7-13)14-8-15-12/h2-5,8H,6-7,13H2,1H3,(H,14,15). The molecule has 1 aromatic carbocycles. The Labute approximate surface area is 94.5 Å². The third-order valence-corrected chi connectivity index (χ3v) is 2.48. The lowest BCUT2D eigenvalue weighted by molar-refractivity contribution is 0.415. The Hall–Kier alpha value is -1.81. The van der Waals surface area contributed by atoms with Crippen molar-refractivity contribution in [3.63, 3.8) is 0 Å². The zero-order valence-electron chi connectivity index (χ0n) is 9.23. The van der Waals surface area contributed by atoms with E-state index in [1.54, 1.807) is 13.4 Å². The zero-order chi connectivity index (χ0) is 11.4. The molecule has 0 spiro atoms. The summed E-state index contributed by atoms with van der Waals surface area (Å²) in [5, 5.41) is 0. The van der Waals surface area contributed by atoms with E-state index in [9.17, 15) is 0 Å². The predicted molar refractivity (Wildman–Crippen MR) is 63.3 cm³/mol. The molecule has 0 bridgehead atoms. The first-order valence-electron chi connectivity index (χ1n) is 5.22. The second-order valence-corrected chi connectivity index (χ2v) is 3.50. The Morgan fingerprint density at radius 1 is 1.31 bits per heavy atom. The molecule has 1 aromatic heterocycles. The smallest absolute Gasteiger partial charge is 0.118 e. The lowest BCUT2D eigenvalue weighted by Crippen LogP contribution is -2.03. The number of nitrogens with two attached hydrogens (primary N) is 1. The van der Waals surface area contributed by atoms with Crippen molar-refractivity contribution in [1.82, 2.24) is 9.97 Å². The highest BCUT2D eigenvalue weighted by atomic mass is 16.5. The number of benzene rings is 1. The largest absolute Gasteiger partial charge is 0.497 e. The third-order valence-electron chi connectivity index (χ3n) is 2.48. The van der Waals surface area contributed by atoms with E-state index in [1.807, 2.05) is 24.3 Å². The second-order valence-electron chi connectivity index (χ2n) is 3.50. The summed E-state index contributed by atoms with van der Waals surface area (Å²) in [5.41, 5.74) is 8.66. The van der Waals surface area contributed by atoms with Crippen molar-refractivity contribution in [3.8, 4) is 17.0 Å². The molecule has 3 N–H and O–H groups in total. The number of methoxy groups -OCH3 is 1. The first-order chi connectivity index (χ1) is 7.85. The summed E-state index contributed by atoms with van der Waals surface area (Å²) < 4.78 is 5.12. The Morgan fingerprint density at radius 3 is 2.69 bits per heavy atom. The van der Waals surface area contributed by atoms with E-state index in [4.69, 9.17) is 10.5 Å². The maximum absolute atomic E-state index is 5.54. The summed E-state index contributed by atoms with van der Waals surface area (Å²) in [7, 11) is 1.66. The fourth-order valence-corrected chi connectivity index (χ4v) is 1.65. The van der Waals surface area contributed by atoms with Gasteiger partial charge < -0.3 is 15.5 Å². The van der Waals surface area contributed by atoms with E-state index in [1.165, 1.54) is 0 Å². The van der Waals surface area contributed by atoms with Crippen LogP contribution >= 0.6 is 0 Å². The molecule has 0 atom stereocenters. The number of rotatable bonds is 4. The first-order valence-corrected chi connectivity index (χ1v) is 5.22. The summed E-state index contributed by atoms with van der Waals surface area (Å²) >= 11 is 0. The first kappa shape index (κ1) is 10.7. The highest BCUT2D eigenvalue weighted by Gasteiger charge is 2.07. The van der Waals surface area contributed by atoms with Crippen LogP contribution in [0.25, 0.3) is 11.3 Å². The van der Waals surface area contributed by atoms with Gasteiger partial charge in [-0.3, -0.25) is 0 Å². The van der Waals surface area contributed by atoms with Gasteiger partial charge in [-0.1, -0.05) is 0 Å². The quantitative estimate of drug-likeness (QED) is 0.817. The molecule has 4 nitrogen and oxygen atoms in total. The average molecular weight is 217 g/mol. The molecular weight excluding hydrogens is 202 g/mol. The van der Waals surface area contributed by atoms with Gasteiger partial charge in [-0.2, -0.15) is 0 Å². The molecule has 84 valence electrons. The summed E-state index contributed by atoms with van der Waals surface area (Å²) in [6.45, 7) is 0.616. The van der Waals surface area contributed by atoms with Crippen molar-refractivity contribution < 1.29 is 4.74 Å². The van der Waals surface area contributed by atoms with Gasteiger partial charge in [0, 0.05) is 17.7 Å². The minimum Gasteiger partial charge on any atom is -0.497 e. The van der Waals surface area contributed by atoms with Crippen LogP contribution in [-0.2, 0) is 6.42 Å². The maximum Gasteiger partial charge on any atom is 0.118 e. The number of hydrogen-bond donors (Lipinski definition) is 2. The summed E-state index contributed by atoms with van der Waals surface area (Å²) in [4.78, 5) is 7.42. The van der Waals surface area contributed by atoms with Gasteiger partial charge >= 0.3 is 0 Å². The molecule has 16 heavy (non-hydrogen) atoms. The van der Waals surface area contributed by atoms with Crippen molar-refractivity contribution in [2.75, 3.05) is 13.7 Å². The van der Waals surface area contributed by atoms with E-state index in [-0.39, 0.29) is 0 Å². The highest BCUT2D eigenvalue weighted by molar-refractivity contribution is 5.62. The van der Waals surface area contributed by atoms with E-state index >= 15 is 0 Å². The van der Waals surface area contributed by atoms with Gasteiger partial charge in [0.25, 0.3) is 0 Å². The van der Waals surface area contributed by atoms with Crippen LogP contribution in [0, 0.1) is 0 Å². The van der Waals surface area contributed by atoms with E-state index in [2.05, 4.69) is 9.97 Å². The molecular formula is C12H15N3O. The minimum absolute atomic E-state index is 0.616. The summed E-state index contributed by atoms with van der Waals surface area (Å²) in [6.07, 6.45) is 2.51. The number of imidazole rings is 1. The number of nitrogens with zero attached hydrogens (tertiary/aromatic N) is 1. The van der Waals surface area contributed by atoms with E-state index < -0.39 is 0 Å². The molecule has 0 aliphatic heterocycles. The van der Waals surface area contributed by atoms with Crippen LogP contribution in [0.2, 0.25) is 0 Å². The Balaban J connectivity index is 2.31. The molecule has 2 rings (SSSR count). The number of aromatic amines is 1. The normalized spacial score (nSPS) is 10.4. The number of ether oxygens (including phenoxy) is 1. The predicted octanol–water partition coefficient (Wildman–Crippen LogP) is 1.59. The molecule has 0 amide bonds. The fourth-order valence-electron chi connectivity index (χ4n) is 1.65. The molecule has 0 saturated heterocycles. The van der Waals surface area contributed by atoms with Crippen LogP contribution < -0.4 is 10.5 Å². The third kappa shape index (κ3) is 2.06. The molecule has 0 aliphatic rings. The number of H-pyrrole nitrogens is 1. The number of aromatic nitrogens is 2. The van der Waals surface area contributed by atoms with Crippen molar-refractivity contribution in [2.24, 2.45) is 5.73 Å². The van der Waals surface area contributed by atoms with Crippen LogP contribution in [0.5, 0.6) is 5.75 Å². The number of nitrogens with one attached hydrogen (secondary N) is 1. The van der Waals surface area contributed by atoms with Gasteiger partial charge in [-0.05, 0) is 30.8 Å². The van der Waals surface area contributed by atoms with Crippen LogP contribution in [0.1, 0.15) is 5.69 Å². The molecule has 2 aromatic rings. The topological polar surface area (TPSA) is 63.9 Å². The van der Waals surface area contributed by atoms with Gasteiger partial charge in [0.1, 0.15) is 5.75 Å². The summed E-state index contributed by atoms with van der Waals surface area (Å²) in [6, 6.07) is 7.84. The lowest BCUT2D eigenvalue weighted by Gasteiger charge is -2.03. The SMILES string of the molecule is COc1ccc(-c2nc[nH]c2CCN)cc1. The molecule has 0 aliphatic carbocycles. The van der Waals surface area contributed by atoms with Crippen molar-refractivity contribution in [1.29, 1.82) is 0 Å². The fraction of sp³-hybridized carbons (Fsp3) is 0.250. The Kier molecular flexibility index (Phi) is 3.22. The van der Waals surface area contributed by atoms with Gasteiger partial charge in [0.15, 0.2) is 0 Å². The van der Waals surface area contributed by atoms with Crippen LogP contribution in [0.4, 0.5) is 0 Å². The van der Waals surface area contributed by atoms with Crippen LogP contribution in [-0.4, -0.2) is 23.6 Å². The van der Waals surface area contributed by atoms with Crippen LogP contribution in [0.3, 0.4) is 0 Å². The molecule has 0 saturated carbocycles. The monoisotopic (exact) mass is 217 g/mol. The maximum atomic E-state index is 5.54. The van der Waals surface area contributed by atoms with Gasteiger partial charge in [0.05, 0.1) is 19.1 Å². The van der Waals surface area contributed by atoms with Crippen molar-refractivity contribution in [2.45, 2.75) is 6.42 Å².